The van der Waals surface area contributed by atoms with Crippen LogP contribution in [0.1, 0.15) is 58.6 Å². The van der Waals surface area contributed by atoms with E-state index in [9.17, 15) is 4.79 Å². The molecule has 1 amide bonds. The lowest BCUT2D eigenvalue weighted by Gasteiger charge is -2.29. The Morgan fingerprint density at radius 1 is 1.10 bits per heavy atom. The first-order valence-electron chi connectivity index (χ1n) is 7.84. The molecule has 0 aliphatic heterocycles. The molecule has 0 saturated carbocycles. The second-order valence-corrected chi connectivity index (χ2v) is 6.12. The molecule has 2 heteroatoms. The van der Waals surface area contributed by atoms with Gasteiger partial charge in [0.2, 0.25) is 6.41 Å². The fourth-order valence-corrected chi connectivity index (χ4v) is 2.95. The van der Waals surface area contributed by atoms with Crippen LogP contribution in [0, 0.1) is 11.8 Å². The topological polar surface area (TPSA) is 20.3 Å². The summed E-state index contributed by atoms with van der Waals surface area (Å²) in [7, 11) is 0. The number of carbonyl (C=O) groups excluding carboxylic acids is 1. The van der Waals surface area contributed by atoms with E-state index in [-0.39, 0.29) is 6.04 Å². The van der Waals surface area contributed by atoms with Crippen LogP contribution in [0.3, 0.4) is 0 Å². The molecule has 2 nitrogen and oxygen atoms in total. The van der Waals surface area contributed by atoms with E-state index in [1.165, 1.54) is 24.8 Å². The number of rotatable bonds is 9. The minimum absolute atomic E-state index is 0.151. The van der Waals surface area contributed by atoms with Crippen molar-refractivity contribution < 1.29 is 4.79 Å². The second-order valence-electron chi connectivity index (χ2n) is 6.12. The summed E-state index contributed by atoms with van der Waals surface area (Å²) in [5, 5.41) is 0. The molecule has 1 rings (SSSR count). The molecule has 1 aromatic rings. The fourth-order valence-electron chi connectivity index (χ4n) is 2.95. The van der Waals surface area contributed by atoms with E-state index < -0.39 is 0 Å². The predicted molar refractivity (Wildman–Crippen MR) is 85.5 cm³/mol. The van der Waals surface area contributed by atoms with Crippen molar-refractivity contribution in [2.75, 3.05) is 6.54 Å². The third kappa shape index (κ3) is 5.36. The van der Waals surface area contributed by atoms with Gasteiger partial charge in [0.25, 0.3) is 0 Å². The summed E-state index contributed by atoms with van der Waals surface area (Å²) in [6.45, 7) is 9.74. The highest BCUT2D eigenvalue weighted by Gasteiger charge is 2.17. The van der Waals surface area contributed by atoms with E-state index in [0.717, 1.165) is 18.9 Å². The molecule has 3 atom stereocenters. The Labute approximate surface area is 124 Å². The molecule has 0 N–H and O–H groups in total. The van der Waals surface area contributed by atoms with Crippen LogP contribution in [0.25, 0.3) is 0 Å². The molecule has 3 unspecified atom stereocenters. The van der Waals surface area contributed by atoms with Gasteiger partial charge in [-0.3, -0.25) is 4.79 Å². The monoisotopic (exact) mass is 275 g/mol. The molecule has 0 fully saturated rings. The van der Waals surface area contributed by atoms with Gasteiger partial charge in [0, 0.05) is 6.54 Å². The van der Waals surface area contributed by atoms with Crippen LogP contribution in [-0.4, -0.2) is 17.9 Å². The second kappa shape index (κ2) is 8.78. The minimum atomic E-state index is 0.151. The van der Waals surface area contributed by atoms with Crippen LogP contribution >= 0.6 is 0 Å². The zero-order chi connectivity index (χ0) is 15.0. The molecule has 0 bridgehead atoms. The van der Waals surface area contributed by atoms with E-state index >= 15 is 0 Å². The van der Waals surface area contributed by atoms with Crippen LogP contribution < -0.4 is 0 Å². The summed E-state index contributed by atoms with van der Waals surface area (Å²) in [5.74, 6) is 1.29. The summed E-state index contributed by atoms with van der Waals surface area (Å²) in [5.41, 5.74) is 1.20. The average molecular weight is 275 g/mol. The van der Waals surface area contributed by atoms with Crippen LogP contribution in [0.15, 0.2) is 30.3 Å². The lowest BCUT2D eigenvalue weighted by molar-refractivity contribution is -0.120. The SMILES string of the molecule is CCCC(C)CC(C)CN(C=O)C(C)c1ccccc1. The molecular weight excluding hydrogens is 246 g/mol. The molecule has 0 aromatic heterocycles. The molecule has 0 spiro atoms. The zero-order valence-corrected chi connectivity index (χ0v) is 13.4. The first kappa shape index (κ1) is 16.7. The summed E-state index contributed by atoms with van der Waals surface area (Å²) >= 11 is 0. The molecule has 0 saturated heterocycles. The highest BCUT2D eigenvalue weighted by Crippen LogP contribution is 2.22. The van der Waals surface area contributed by atoms with E-state index in [1.807, 2.05) is 23.1 Å². The Kier molecular flexibility index (Phi) is 7.35. The molecule has 112 valence electrons. The van der Waals surface area contributed by atoms with Gasteiger partial charge in [0.15, 0.2) is 0 Å². The Morgan fingerprint density at radius 2 is 1.75 bits per heavy atom. The first-order valence-corrected chi connectivity index (χ1v) is 7.84. The molecule has 20 heavy (non-hydrogen) atoms. The third-order valence-electron chi connectivity index (χ3n) is 4.02. The van der Waals surface area contributed by atoms with Crippen LogP contribution in [0.5, 0.6) is 0 Å². The average Bonchev–Trinajstić information content (AvgIpc) is 2.45. The van der Waals surface area contributed by atoms with Gasteiger partial charge in [-0.25, -0.2) is 0 Å². The number of carbonyl (C=O) groups is 1. The minimum Gasteiger partial charge on any atom is -0.338 e. The Bertz CT molecular complexity index is 376. The number of amides is 1. The molecule has 0 aliphatic rings. The predicted octanol–water partition coefficient (Wildman–Crippen LogP) is 4.67. The lowest BCUT2D eigenvalue weighted by atomic mass is 9.93. The summed E-state index contributed by atoms with van der Waals surface area (Å²) in [6, 6.07) is 10.4. The maximum atomic E-state index is 11.4. The van der Waals surface area contributed by atoms with Crippen LogP contribution in [-0.2, 0) is 4.79 Å². The van der Waals surface area contributed by atoms with Gasteiger partial charge in [-0.05, 0) is 30.7 Å². The number of nitrogens with zero attached hydrogens (tertiary/aromatic N) is 1. The van der Waals surface area contributed by atoms with Gasteiger partial charge in [0.1, 0.15) is 0 Å². The van der Waals surface area contributed by atoms with Gasteiger partial charge in [-0.2, -0.15) is 0 Å². The lowest BCUT2D eigenvalue weighted by Crippen LogP contribution is -2.30. The third-order valence-corrected chi connectivity index (χ3v) is 4.02. The van der Waals surface area contributed by atoms with Crippen molar-refractivity contribution in [1.29, 1.82) is 0 Å². The molecule has 0 heterocycles. The van der Waals surface area contributed by atoms with Crippen molar-refractivity contribution in [1.82, 2.24) is 4.90 Å². The Hall–Kier alpha value is -1.31. The van der Waals surface area contributed by atoms with Crippen molar-refractivity contribution in [3.8, 4) is 0 Å². The molecular formula is C18H29NO. The van der Waals surface area contributed by atoms with E-state index in [1.54, 1.807) is 0 Å². The highest BCUT2D eigenvalue weighted by atomic mass is 16.1. The summed E-state index contributed by atoms with van der Waals surface area (Å²) in [4.78, 5) is 13.3. The van der Waals surface area contributed by atoms with Crippen LogP contribution in [0.2, 0.25) is 0 Å². The van der Waals surface area contributed by atoms with Crippen molar-refractivity contribution >= 4 is 6.41 Å². The smallest absolute Gasteiger partial charge is 0.210 e. The Morgan fingerprint density at radius 3 is 2.30 bits per heavy atom. The van der Waals surface area contributed by atoms with Gasteiger partial charge >= 0.3 is 0 Å². The van der Waals surface area contributed by atoms with Crippen molar-refractivity contribution in [3.63, 3.8) is 0 Å². The Balaban J connectivity index is 2.56. The molecule has 0 aliphatic carbocycles. The fraction of sp³-hybridized carbons (Fsp3) is 0.611. The molecule has 1 aromatic carbocycles. The van der Waals surface area contributed by atoms with E-state index in [2.05, 4.69) is 39.8 Å². The maximum absolute atomic E-state index is 11.4. The molecule has 0 radical (unpaired) electrons. The maximum Gasteiger partial charge on any atom is 0.210 e. The number of benzene rings is 1. The quantitative estimate of drug-likeness (QED) is 0.600. The summed E-state index contributed by atoms with van der Waals surface area (Å²) in [6.07, 6.45) is 4.71. The van der Waals surface area contributed by atoms with Crippen molar-refractivity contribution in [2.24, 2.45) is 11.8 Å². The van der Waals surface area contributed by atoms with Crippen molar-refractivity contribution in [3.05, 3.63) is 35.9 Å². The first-order chi connectivity index (χ1) is 9.58. The summed E-state index contributed by atoms with van der Waals surface area (Å²) < 4.78 is 0. The zero-order valence-electron chi connectivity index (χ0n) is 13.4. The standard InChI is InChI=1S/C18H29NO/c1-5-9-15(2)12-16(3)13-19(14-20)17(4)18-10-7-6-8-11-18/h6-8,10-11,14-17H,5,9,12-13H2,1-4H3. The normalized spacial score (nSPS) is 15.4. The number of hydrogen-bond acceptors (Lipinski definition) is 1. The van der Waals surface area contributed by atoms with Gasteiger partial charge < -0.3 is 4.90 Å². The number of hydrogen-bond donors (Lipinski definition) is 0. The van der Waals surface area contributed by atoms with Gasteiger partial charge in [-0.15, -0.1) is 0 Å². The van der Waals surface area contributed by atoms with Crippen molar-refractivity contribution in [2.45, 2.75) is 53.0 Å². The van der Waals surface area contributed by atoms with Gasteiger partial charge in [0.05, 0.1) is 6.04 Å². The van der Waals surface area contributed by atoms with Crippen LogP contribution in [0.4, 0.5) is 0 Å². The largest absolute Gasteiger partial charge is 0.338 e. The van der Waals surface area contributed by atoms with Gasteiger partial charge in [-0.1, -0.05) is 63.9 Å². The highest BCUT2D eigenvalue weighted by molar-refractivity contribution is 5.48. The van der Waals surface area contributed by atoms with E-state index in [4.69, 9.17) is 0 Å². The van der Waals surface area contributed by atoms with E-state index in [0.29, 0.717) is 5.92 Å².